The summed E-state index contributed by atoms with van der Waals surface area (Å²) >= 11 is 0. The van der Waals surface area contributed by atoms with Crippen LogP contribution in [0.4, 0.5) is 0 Å². The van der Waals surface area contributed by atoms with E-state index in [9.17, 15) is 0 Å². The van der Waals surface area contributed by atoms with E-state index in [0.717, 1.165) is 11.3 Å². The lowest BCUT2D eigenvalue weighted by atomic mass is 10.2. The number of nitrogens with zero attached hydrogens (tertiary/aromatic N) is 3. The summed E-state index contributed by atoms with van der Waals surface area (Å²) in [5, 5.41) is 0. The van der Waals surface area contributed by atoms with E-state index in [2.05, 4.69) is 15.0 Å². The predicted octanol–water partition coefficient (Wildman–Crippen LogP) is 2.05. The van der Waals surface area contributed by atoms with Gasteiger partial charge in [0.25, 0.3) is 0 Å². The molecule has 4 heteroatoms. The molecule has 16 heavy (non-hydrogen) atoms. The molecule has 1 heterocycles. The highest BCUT2D eigenvalue weighted by Gasteiger charge is 1.96. The van der Waals surface area contributed by atoms with Gasteiger partial charge in [0, 0.05) is 5.56 Å². The molecule has 0 aliphatic carbocycles. The largest absolute Gasteiger partial charge is 0.496 e. The van der Waals surface area contributed by atoms with Crippen molar-refractivity contribution in [2.45, 2.75) is 0 Å². The average molecular weight is 213 g/mol. The van der Waals surface area contributed by atoms with Crippen LogP contribution in [0.25, 0.3) is 12.2 Å². The van der Waals surface area contributed by atoms with E-state index in [-0.39, 0.29) is 0 Å². The van der Waals surface area contributed by atoms with Crippen LogP contribution in [0.3, 0.4) is 0 Å². The monoisotopic (exact) mass is 213 g/mol. The normalized spacial score (nSPS) is 10.6. The number of ether oxygens (including phenoxy) is 1. The second-order valence-electron chi connectivity index (χ2n) is 3.07. The molecule has 0 N–H and O–H groups in total. The van der Waals surface area contributed by atoms with Crippen molar-refractivity contribution < 1.29 is 4.74 Å². The molecule has 2 aromatic rings. The summed E-state index contributed by atoms with van der Waals surface area (Å²) in [4.78, 5) is 11.8. The highest BCUT2D eigenvalue weighted by atomic mass is 16.5. The van der Waals surface area contributed by atoms with Crippen molar-refractivity contribution >= 4 is 12.2 Å². The Morgan fingerprint density at radius 1 is 1.06 bits per heavy atom. The first-order valence-electron chi connectivity index (χ1n) is 4.83. The molecule has 0 amide bonds. The lowest BCUT2D eigenvalue weighted by molar-refractivity contribution is 0.414. The topological polar surface area (TPSA) is 47.9 Å². The number of aromatic nitrogens is 3. The number of methoxy groups -OCH3 is 1. The minimum absolute atomic E-state index is 0.626. The van der Waals surface area contributed by atoms with Gasteiger partial charge in [-0.3, -0.25) is 0 Å². The zero-order chi connectivity index (χ0) is 11.2. The molecule has 0 fully saturated rings. The zero-order valence-corrected chi connectivity index (χ0v) is 8.87. The molecule has 0 bridgehead atoms. The van der Waals surface area contributed by atoms with Gasteiger partial charge in [0.1, 0.15) is 18.4 Å². The maximum Gasteiger partial charge on any atom is 0.155 e. The lowest BCUT2D eigenvalue weighted by Crippen LogP contribution is -1.88. The second kappa shape index (κ2) is 5.02. The minimum atomic E-state index is 0.626. The molecule has 1 aromatic carbocycles. The summed E-state index contributed by atoms with van der Waals surface area (Å²) in [5.74, 6) is 1.45. The standard InChI is InChI=1S/C12H11N3O/c1-16-11-5-3-2-4-10(11)6-7-12-14-8-13-9-15-12/h2-9H,1H3. The number of hydrogen-bond acceptors (Lipinski definition) is 4. The fraction of sp³-hybridized carbons (Fsp3) is 0.0833. The Morgan fingerprint density at radius 2 is 1.81 bits per heavy atom. The molecule has 1 aromatic heterocycles. The Morgan fingerprint density at radius 3 is 2.56 bits per heavy atom. The van der Waals surface area contributed by atoms with E-state index in [4.69, 9.17) is 4.74 Å². The van der Waals surface area contributed by atoms with Crippen LogP contribution < -0.4 is 4.74 Å². The molecule has 0 aliphatic heterocycles. The molecule has 0 unspecified atom stereocenters. The van der Waals surface area contributed by atoms with Gasteiger partial charge in [-0.1, -0.05) is 18.2 Å². The van der Waals surface area contributed by atoms with Gasteiger partial charge in [-0.2, -0.15) is 0 Å². The highest BCUT2D eigenvalue weighted by molar-refractivity contribution is 5.69. The summed E-state index contributed by atoms with van der Waals surface area (Å²) < 4.78 is 5.23. The summed E-state index contributed by atoms with van der Waals surface area (Å²) in [6.45, 7) is 0. The van der Waals surface area contributed by atoms with Crippen molar-refractivity contribution in [2.75, 3.05) is 7.11 Å². The van der Waals surface area contributed by atoms with Gasteiger partial charge in [-0.15, -0.1) is 0 Å². The molecule has 0 saturated carbocycles. The molecule has 2 rings (SSSR count). The number of hydrogen-bond donors (Lipinski definition) is 0. The molecule has 4 nitrogen and oxygen atoms in total. The van der Waals surface area contributed by atoms with Crippen LogP contribution in [0.15, 0.2) is 36.9 Å². The molecule has 0 aliphatic rings. The third-order valence-corrected chi connectivity index (χ3v) is 2.06. The first-order chi connectivity index (χ1) is 7.90. The summed E-state index contributed by atoms with van der Waals surface area (Å²) in [6, 6.07) is 7.76. The predicted molar refractivity (Wildman–Crippen MR) is 61.7 cm³/mol. The van der Waals surface area contributed by atoms with Crippen LogP contribution in [0.5, 0.6) is 5.75 Å². The van der Waals surface area contributed by atoms with Crippen molar-refractivity contribution in [3.8, 4) is 5.75 Å². The number of benzene rings is 1. The fourth-order valence-corrected chi connectivity index (χ4v) is 1.30. The van der Waals surface area contributed by atoms with E-state index in [1.807, 2.05) is 36.4 Å². The molecule has 0 spiro atoms. The average Bonchev–Trinajstić information content (AvgIpc) is 2.38. The van der Waals surface area contributed by atoms with Crippen molar-refractivity contribution in [3.63, 3.8) is 0 Å². The number of rotatable bonds is 3. The van der Waals surface area contributed by atoms with Gasteiger partial charge < -0.3 is 4.74 Å². The molecule has 0 radical (unpaired) electrons. The number of para-hydroxylation sites is 1. The fourth-order valence-electron chi connectivity index (χ4n) is 1.30. The smallest absolute Gasteiger partial charge is 0.155 e. The molecule has 80 valence electrons. The van der Waals surface area contributed by atoms with E-state index >= 15 is 0 Å². The maximum atomic E-state index is 5.23. The van der Waals surface area contributed by atoms with Crippen LogP contribution >= 0.6 is 0 Å². The Hall–Kier alpha value is -2.23. The zero-order valence-electron chi connectivity index (χ0n) is 8.87. The molecular weight excluding hydrogens is 202 g/mol. The first-order valence-corrected chi connectivity index (χ1v) is 4.83. The van der Waals surface area contributed by atoms with Crippen molar-refractivity contribution in [1.82, 2.24) is 15.0 Å². The van der Waals surface area contributed by atoms with E-state index < -0.39 is 0 Å². The first kappa shape index (κ1) is 10.3. The van der Waals surface area contributed by atoms with Crippen LogP contribution in [0.2, 0.25) is 0 Å². The van der Waals surface area contributed by atoms with E-state index in [1.165, 1.54) is 12.7 Å². The van der Waals surface area contributed by atoms with Gasteiger partial charge in [0.15, 0.2) is 5.82 Å². The van der Waals surface area contributed by atoms with Gasteiger partial charge in [0.05, 0.1) is 7.11 Å². The highest BCUT2D eigenvalue weighted by Crippen LogP contribution is 2.19. The van der Waals surface area contributed by atoms with E-state index in [1.54, 1.807) is 7.11 Å². The quantitative estimate of drug-likeness (QED) is 0.782. The van der Waals surface area contributed by atoms with Gasteiger partial charge in [0.2, 0.25) is 0 Å². The van der Waals surface area contributed by atoms with Crippen LogP contribution in [-0.2, 0) is 0 Å². The second-order valence-corrected chi connectivity index (χ2v) is 3.07. The minimum Gasteiger partial charge on any atom is -0.496 e. The Bertz CT molecular complexity index is 483. The Labute approximate surface area is 93.7 Å². The lowest BCUT2D eigenvalue weighted by Gasteiger charge is -2.02. The van der Waals surface area contributed by atoms with Gasteiger partial charge in [-0.05, 0) is 18.2 Å². The summed E-state index contributed by atoms with van der Waals surface area (Å²) in [5.41, 5.74) is 0.991. The Balaban J connectivity index is 2.24. The SMILES string of the molecule is COc1ccccc1C=Cc1ncncn1. The summed E-state index contributed by atoms with van der Waals surface area (Å²) in [7, 11) is 1.65. The Kier molecular flexibility index (Phi) is 3.23. The molecular formula is C12H11N3O. The van der Waals surface area contributed by atoms with Crippen LogP contribution in [0, 0.1) is 0 Å². The third kappa shape index (κ3) is 2.42. The van der Waals surface area contributed by atoms with Crippen molar-refractivity contribution in [2.24, 2.45) is 0 Å². The van der Waals surface area contributed by atoms with Gasteiger partial charge in [-0.25, -0.2) is 15.0 Å². The summed E-state index contributed by atoms with van der Waals surface area (Å²) in [6.07, 6.45) is 6.66. The molecule has 0 saturated heterocycles. The molecule has 0 atom stereocenters. The van der Waals surface area contributed by atoms with Crippen LogP contribution in [0.1, 0.15) is 11.4 Å². The van der Waals surface area contributed by atoms with Gasteiger partial charge >= 0.3 is 0 Å². The van der Waals surface area contributed by atoms with E-state index in [0.29, 0.717) is 5.82 Å². The van der Waals surface area contributed by atoms with Crippen LogP contribution in [-0.4, -0.2) is 22.1 Å². The van der Waals surface area contributed by atoms with Crippen molar-refractivity contribution in [1.29, 1.82) is 0 Å². The third-order valence-electron chi connectivity index (χ3n) is 2.06. The van der Waals surface area contributed by atoms with Crippen molar-refractivity contribution in [3.05, 3.63) is 48.3 Å². The maximum absolute atomic E-state index is 5.23.